The van der Waals surface area contributed by atoms with Crippen LogP contribution in [-0.4, -0.2) is 22.0 Å². The minimum Gasteiger partial charge on any atom is -0.478 e. The molecule has 1 aromatic carbocycles. The third kappa shape index (κ3) is 5.05. The molecular formula is C19H26N2O4. The van der Waals surface area contributed by atoms with Crippen molar-refractivity contribution in [2.45, 2.75) is 53.0 Å². The van der Waals surface area contributed by atoms with Crippen molar-refractivity contribution in [3.63, 3.8) is 0 Å². The van der Waals surface area contributed by atoms with Crippen LogP contribution in [0.3, 0.4) is 0 Å². The maximum Gasteiger partial charge on any atom is 0.328 e. The molecule has 2 rings (SSSR count). The quantitative estimate of drug-likeness (QED) is 0.461. The fourth-order valence-corrected chi connectivity index (χ4v) is 4.00. The number of carboxylic acid groups (broad SMARTS) is 1. The normalized spacial score (nSPS) is 22.7. The van der Waals surface area contributed by atoms with Crippen molar-refractivity contribution in [1.82, 2.24) is 0 Å². The van der Waals surface area contributed by atoms with Crippen molar-refractivity contribution in [2.75, 3.05) is 5.32 Å². The molecule has 25 heavy (non-hydrogen) atoms. The van der Waals surface area contributed by atoms with Gasteiger partial charge in [0.25, 0.3) is 5.69 Å². The fourth-order valence-electron chi connectivity index (χ4n) is 4.00. The van der Waals surface area contributed by atoms with Crippen LogP contribution in [0.1, 0.15) is 51.2 Å². The van der Waals surface area contributed by atoms with Crippen LogP contribution in [0.25, 0.3) is 6.08 Å². The highest BCUT2D eigenvalue weighted by Gasteiger charge is 2.33. The molecule has 136 valence electrons. The van der Waals surface area contributed by atoms with Gasteiger partial charge in [-0.25, -0.2) is 4.79 Å². The van der Waals surface area contributed by atoms with Crippen LogP contribution in [-0.2, 0) is 4.79 Å². The number of carboxylic acids is 1. The molecule has 2 N–H and O–H groups in total. The number of nitro groups is 1. The summed E-state index contributed by atoms with van der Waals surface area (Å²) in [7, 11) is 0. The van der Waals surface area contributed by atoms with E-state index in [2.05, 4.69) is 26.1 Å². The maximum atomic E-state index is 11.5. The molecule has 0 amide bonds. The lowest BCUT2D eigenvalue weighted by Crippen LogP contribution is -2.35. The molecule has 1 aliphatic carbocycles. The maximum absolute atomic E-state index is 11.5. The van der Waals surface area contributed by atoms with Gasteiger partial charge in [0.05, 0.1) is 4.92 Å². The van der Waals surface area contributed by atoms with E-state index in [9.17, 15) is 14.9 Å². The molecule has 0 aliphatic heterocycles. The van der Waals surface area contributed by atoms with E-state index in [-0.39, 0.29) is 17.1 Å². The standard InChI is InChI=1S/C19H26N2O4/c1-12-7-15(11-19(3,4)10-12)20-16-8-13(2)14(5-6-18(22)23)9-17(16)21(24)25/h5-6,8-9,12,15,20H,7,10-11H2,1-4H3,(H,22,23)/b6-5+/t12-,15+/m0/s1. The third-order valence-corrected chi connectivity index (χ3v) is 4.73. The van der Waals surface area contributed by atoms with Gasteiger partial charge in [-0.2, -0.15) is 0 Å². The lowest BCUT2D eigenvalue weighted by Gasteiger charge is -2.39. The first-order valence-corrected chi connectivity index (χ1v) is 8.54. The van der Waals surface area contributed by atoms with Crippen LogP contribution in [0.2, 0.25) is 0 Å². The zero-order chi connectivity index (χ0) is 18.8. The number of anilines is 1. The zero-order valence-corrected chi connectivity index (χ0v) is 15.2. The highest BCUT2D eigenvalue weighted by molar-refractivity contribution is 5.86. The Morgan fingerprint density at radius 1 is 1.40 bits per heavy atom. The molecule has 6 nitrogen and oxygen atoms in total. The number of nitrogens with zero attached hydrogens (tertiary/aromatic N) is 1. The second kappa shape index (κ2) is 7.25. The second-order valence-electron chi connectivity index (χ2n) is 7.91. The predicted molar refractivity (Wildman–Crippen MR) is 98.7 cm³/mol. The number of carbonyl (C=O) groups is 1. The van der Waals surface area contributed by atoms with Crippen molar-refractivity contribution >= 4 is 23.4 Å². The summed E-state index contributed by atoms with van der Waals surface area (Å²) in [4.78, 5) is 21.8. The molecule has 1 fully saturated rings. The second-order valence-corrected chi connectivity index (χ2v) is 7.91. The summed E-state index contributed by atoms with van der Waals surface area (Å²) in [6.45, 7) is 8.51. The Kier molecular flexibility index (Phi) is 5.50. The van der Waals surface area contributed by atoms with Crippen LogP contribution in [0.5, 0.6) is 0 Å². The Bertz CT molecular complexity index is 710. The van der Waals surface area contributed by atoms with Gasteiger partial charge in [0.2, 0.25) is 0 Å². The van der Waals surface area contributed by atoms with Crippen LogP contribution >= 0.6 is 0 Å². The molecule has 0 heterocycles. The smallest absolute Gasteiger partial charge is 0.328 e. The largest absolute Gasteiger partial charge is 0.478 e. The van der Waals surface area contributed by atoms with E-state index in [4.69, 9.17) is 5.11 Å². The first-order chi connectivity index (χ1) is 11.6. The monoisotopic (exact) mass is 346 g/mol. The van der Waals surface area contributed by atoms with Crippen molar-refractivity contribution in [1.29, 1.82) is 0 Å². The van der Waals surface area contributed by atoms with Gasteiger partial charge in [0.15, 0.2) is 0 Å². The SMILES string of the molecule is Cc1cc(N[C@@H]2C[C@H](C)CC(C)(C)C2)c([N+](=O)[O-])cc1/C=C/C(=O)O. The Morgan fingerprint density at radius 3 is 2.64 bits per heavy atom. The molecule has 0 aromatic heterocycles. The summed E-state index contributed by atoms with van der Waals surface area (Å²) in [6, 6.07) is 3.37. The average molecular weight is 346 g/mol. The molecule has 0 unspecified atom stereocenters. The van der Waals surface area contributed by atoms with E-state index in [1.807, 2.05) is 6.92 Å². The third-order valence-electron chi connectivity index (χ3n) is 4.73. The Balaban J connectivity index is 2.32. The highest BCUT2D eigenvalue weighted by Crippen LogP contribution is 2.40. The van der Waals surface area contributed by atoms with Gasteiger partial charge in [0.1, 0.15) is 5.69 Å². The summed E-state index contributed by atoms with van der Waals surface area (Å²) in [6.07, 6.45) is 5.49. The number of aliphatic carboxylic acids is 1. The first-order valence-electron chi connectivity index (χ1n) is 8.54. The molecule has 0 radical (unpaired) electrons. The van der Waals surface area contributed by atoms with Crippen molar-refractivity contribution < 1.29 is 14.8 Å². The number of aryl methyl sites for hydroxylation is 1. The van der Waals surface area contributed by atoms with Crippen LogP contribution in [0.4, 0.5) is 11.4 Å². The number of benzene rings is 1. The average Bonchev–Trinajstić information content (AvgIpc) is 2.43. The van der Waals surface area contributed by atoms with E-state index < -0.39 is 10.9 Å². The summed E-state index contributed by atoms with van der Waals surface area (Å²) < 4.78 is 0. The van der Waals surface area contributed by atoms with E-state index in [0.29, 0.717) is 17.2 Å². The molecule has 0 saturated heterocycles. The Morgan fingerprint density at radius 2 is 2.08 bits per heavy atom. The molecule has 0 bridgehead atoms. The molecule has 1 saturated carbocycles. The van der Waals surface area contributed by atoms with E-state index in [1.165, 1.54) is 12.1 Å². The zero-order valence-electron chi connectivity index (χ0n) is 15.2. The van der Waals surface area contributed by atoms with Crippen molar-refractivity contribution in [2.24, 2.45) is 11.3 Å². The lowest BCUT2D eigenvalue weighted by molar-refractivity contribution is -0.384. The summed E-state index contributed by atoms with van der Waals surface area (Å²) in [5, 5.41) is 23.6. The fraction of sp³-hybridized carbons (Fsp3) is 0.526. The van der Waals surface area contributed by atoms with Gasteiger partial charge in [-0.3, -0.25) is 10.1 Å². The van der Waals surface area contributed by atoms with Gasteiger partial charge in [-0.1, -0.05) is 20.8 Å². The molecule has 6 heteroatoms. The summed E-state index contributed by atoms with van der Waals surface area (Å²) in [5.41, 5.74) is 2.03. The number of hydrogen-bond donors (Lipinski definition) is 2. The van der Waals surface area contributed by atoms with Gasteiger partial charge in [0, 0.05) is 18.2 Å². The van der Waals surface area contributed by atoms with Gasteiger partial charge in [-0.05, 0) is 60.8 Å². The predicted octanol–water partition coefficient (Wildman–Crippen LogP) is 4.63. The number of nitrogens with one attached hydrogen (secondary N) is 1. The molecule has 0 spiro atoms. The molecule has 1 aromatic rings. The first kappa shape index (κ1) is 19.0. The number of hydrogen-bond acceptors (Lipinski definition) is 4. The van der Waals surface area contributed by atoms with Gasteiger partial charge >= 0.3 is 5.97 Å². The Labute approximate surface area is 148 Å². The lowest BCUT2D eigenvalue weighted by atomic mass is 9.70. The van der Waals surface area contributed by atoms with Crippen LogP contribution in [0, 0.1) is 28.4 Å². The van der Waals surface area contributed by atoms with Crippen molar-refractivity contribution in [3.8, 4) is 0 Å². The highest BCUT2D eigenvalue weighted by atomic mass is 16.6. The topological polar surface area (TPSA) is 92.5 Å². The molecule has 2 atom stereocenters. The number of nitro benzene ring substituents is 1. The number of rotatable bonds is 5. The molecular weight excluding hydrogens is 320 g/mol. The summed E-state index contributed by atoms with van der Waals surface area (Å²) >= 11 is 0. The van der Waals surface area contributed by atoms with E-state index >= 15 is 0 Å². The van der Waals surface area contributed by atoms with Crippen molar-refractivity contribution in [3.05, 3.63) is 39.4 Å². The molecule has 1 aliphatic rings. The van der Waals surface area contributed by atoms with Crippen LogP contribution in [0.15, 0.2) is 18.2 Å². The minimum atomic E-state index is -1.08. The minimum absolute atomic E-state index is 0.0216. The van der Waals surface area contributed by atoms with Gasteiger partial charge in [-0.15, -0.1) is 0 Å². The van der Waals surface area contributed by atoms with E-state index in [1.54, 1.807) is 6.07 Å². The van der Waals surface area contributed by atoms with Crippen LogP contribution < -0.4 is 5.32 Å². The summed E-state index contributed by atoms with van der Waals surface area (Å²) in [5.74, 6) is -0.512. The Hall–Kier alpha value is -2.37. The van der Waals surface area contributed by atoms with E-state index in [0.717, 1.165) is 30.9 Å². The van der Waals surface area contributed by atoms with Gasteiger partial charge < -0.3 is 10.4 Å².